The molecule has 0 aromatic heterocycles. The number of alkyl halides is 6. The second-order valence-corrected chi connectivity index (χ2v) is 8.91. The zero-order valence-electron chi connectivity index (χ0n) is 9.82. The van der Waals surface area contributed by atoms with Crippen LogP contribution in [0.1, 0.15) is 0 Å². The lowest BCUT2D eigenvalue weighted by Gasteiger charge is -2.20. The highest BCUT2D eigenvalue weighted by atomic mass is 28.4. The lowest BCUT2D eigenvalue weighted by atomic mass is 10.0. The summed E-state index contributed by atoms with van der Waals surface area (Å²) in [6.07, 6.45) is -10.6. The Bertz CT molecular complexity index is 311. The molecule has 0 aliphatic heterocycles. The predicted molar refractivity (Wildman–Crippen MR) is 54.2 cm³/mol. The number of hydrogen-bond acceptors (Lipinski definition) is 2. The molecule has 0 fully saturated rings. The molecule has 0 saturated carbocycles. The SMILES string of the molecule is C[Si](C)(C)O/C=C/C(=O)C(C(F)(F)F)C(F)(F)F. The molecular weight excluding hydrogens is 282 g/mol. The van der Waals surface area contributed by atoms with Crippen molar-refractivity contribution in [3.63, 3.8) is 0 Å². The van der Waals surface area contributed by atoms with E-state index in [-0.39, 0.29) is 6.08 Å². The molecule has 0 N–H and O–H groups in total. The fourth-order valence-electron chi connectivity index (χ4n) is 0.910. The quantitative estimate of drug-likeness (QED) is 0.342. The molecule has 0 radical (unpaired) electrons. The Balaban J connectivity index is 4.92. The van der Waals surface area contributed by atoms with Crippen LogP contribution in [0.25, 0.3) is 0 Å². The van der Waals surface area contributed by atoms with Crippen LogP contribution in [0.15, 0.2) is 12.3 Å². The molecule has 0 rings (SSSR count). The Morgan fingerprint density at radius 2 is 1.44 bits per heavy atom. The summed E-state index contributed by atoms with van der Waals surface area (Å²) in [5, 5.41) is 0. The zero-order valence-corrected chi connectivity index (χ0v) is 10.8. The van der Waals surface area contributed by atoms with Gasteiger partial charge in [-0.15, -0.1) is 0 Å². The first-order valence-electron chi connectivity index (χ1n) is 4.77. The molecule has 0 saturated heterocycles. The van der Waals surface area contributed by atoms with Crippen molar-refractivity contribution < 1.29 is 35.6 Å². The summed E-state index contributed by atoms with van der Waals surface area (Å²) in [7, 11) is -2.15. The molecule has 0 aliphatic rings. The van der Waals surface area contributed by atoms with Gasteiger partial charge in [-0.25, -0.2) is 0 Å². The van der Waals surface area contributed by atoms with E-state index in [9.17, 15) is 31.1 Å². The molecule has 9 heteroatoms. The third kappa shape index (κ3) is 6.08. The van der Waals surface area contributed by atoms with Crippen LogP contribution < -0.4 is 0 Å². The number of hydrogen-bond donors (Lipinski definition) is 0. The van der Waals surface area contributed by atoms with Gasteiger partial charge in [0.15, 0.2) is 5.78 Å². The summed E-state index contributed by atoms with van der Waals surface area (Å²) in [6.45, 7) is 4.98. The minimum atomic E-state index is -5.67. The molecule has 0 aromatic carbocycles. The van der Waals surface area contributed by atoms with Gasteiger partial charge in [-0.2, -0.15) is 26.3 Å². The highest BCUT2D eigenvalue weighted by molar-refractivity contribution is 6.69. The van der Waals surface area contributed by atoms with Crippen LogP contribution >= 0.6 is 0 Å². The van der Waals surface area contributed by atoms with Gasteiger partial charge >= 0.3 is 12.4 Å². The van der Waals surface area contributed by atoms with E-state index in [1.54, 1.807) is 19.6 Å². The van der Waals surface area contributed by atoms with Crippen molar-refractivity contribution in [2.75, 3.05) is 0 Å². The van der Waals surface area contributed by atoms with E-state index in [2.05, 4.69) is 0 Å². The maximum atomic E-state index is 12.1. The lowest BCUT2D eigenvalue weighted by Crippen LogP contribution is -2.41. The molecule has 0 aliphatic carbocycles. The van der Waals surface area contributed by atoms with Gasteiger partial charge in [0.1, 0.15) is 0 Å². The fraction of sp³-hybridized carbons (Fsp3) is 0.667. The van der Waals surface area contributed by atoms with Crippen molar-refractivity contribution in [2.24, 2.45) is 5.92 Å². The molecule has 0 bridgehead atoms. The molecule has 0 amide bonds. The number of carbonyl (C=O) groups is 1. The van der Waals surface area contributed by atoms with E-state index in [0.29, 0.717) is 6.26 Å². The van der Waals surface area contributed by atoms with E-state index in [0.717, 1.165) is 0 Å². The summed E-state index contributed by atoms with van der Waals surface area (Å²) in [5.41, 5.74) is 0. The first kappa shape index (κ1) is 17.0. The number of allylic oxidation sites excluding steroid dienone is 1. The summed E-state index contributed by atoms with van der Waals surface area (Å²) in [4.78, 5) is 10.9. The van der Waals surface area contributed by atoms with Crippen LogP contribution in [0.5, 0.6) is 0 Å². The van der Waals surface area contributed by atoms with E-state index in [1.807, 2.05) is 0 Å². The minimum absolute atomic E-state index is 0.171. The molecule has 0 atom stereocenters. The van der Waals surface area contributed by atoms with Crippen molar-refractivity contribution in [1.29, 1.82) is 0 Å². The van der Waals surface area contributed by atoms with Crippen LogP contribution in [0, 0.1) is 5.92 Å². The topological polar surface area (TPSA) is 26.3 Å². The van der Waals surface area contributed by atoms with Crippen molar-refractivity contribution in [1.82, 2.24) is 0 Å². The van der Waals surface area contributed by atoms with Gasteiger partial charge < -0.3 is 4.43 Å². The van der Waals surface area contributed by atoms with Gasteiger partial charge in [0.25, 0.3) is 0 Å². The second kappa shape index (κ2) is 5.33. The highest BCUT2D eigenvalue weighted by Crippen LogP contribution is 2.39. The van der Waals surface area contributed by atoms with Crippen LogP contribution in [0.3, 0.4) is 0 Å². The largest absolute Gasteiger partial charge is 0.550 e. The number of ketones is 1. The minimum Gasteiger partial charge on any atom is -0.550 e. The molecular formula is C9H12F6O2Si. The average Bonchev–Trinajstić information content (AvgIpc) is 1.93. The summed E-state index contributed by atoms with van der Waals surface area (Å²) in [6, 6.07) is 0. The smallest absolute Gasteiger partial charge is 0.407 e. The van der Waals surface area contributed by atoms with Gasteiger partial charge in [-0.1, -0.05) is 0 Å². The monoisotopic (exact) mass is 294 g/mol. The third-order valence-corrected chi connectivity index (χ3v) is 2.44. The van der Waals surface area contributed by atoms with Crippen molar-refractivity contribution in [2.45, 2.75) is 32.0 Å². The molecule has 18 heavy (non-hydrogen) atoms. The summed E-state index contributed by atoms with van der Waals surface area (Å²) in [5.74, 6) is -6.10. The van der Waals surface area contributed by atoms with Crippen molar-refractivity contribution in [3.8, 4) is 0 Å². The maximum Gasteiger partial charge on any atom is 0.407 e. The molecule has 0 aromatic rings. The van der Waals surface area contributed by atoms with Gasteiger partial charge in [-0.05, 0) is 19.6 Å². The number of carbonyl (C=O) groups excluding carboxylic acids is 1. The van der Waals surface area contributed by atoms with E-state index >= 15 is 0 Å². The van der Waals surface area contributed by atoms with Crippen LogP contribution in [0.4, 0.5) is 26.3 Å². The van der Waals surface area contributed by atoms with Crippen LogP contribution in [-0.2, 0) is 9.22 Å². The Kier molecular flexibility index (Phi) is 5.04. The lowest BCUT2D eigenvalue weighted by molar-refractivity contribution is -0.271. The second-order valence-electron chi connectivity index (χ2n) is 4.45. The average molecular weight is 294 g/mol. The van der Waals surface area contributed by atoms with Gasteiger partial charge in [-0.3, -0.25) is 4.79 Å². The zero-order chi connectivity index (χ0) is 14.8. The van der Waals surface area contributed by atoms with E-state index in [1.165, 1.54) is 0 Å². The molecule has 106 valence electrons. The first-order valence-corrected chi connectivity index (χ1v) is 8.17. The van der Waals surface area contributed by atoms with Crippen molar-refractivity contribution >= 4 is 14.1 Å². The fourth-order valence-corrected chi connectivity index (χ4v) is 1.39. The Labute approximate surface area is 101 Å². The van der Waals surface area contributed by atoms with Crippen molar-refractivity contribution in [3.05, 3.63) is 12.3 Å². The van der Waals surface area contributed by atoms with Crippen LogP contribution in [0.2, 0.25) is 19.6 Å². The van der Waals surface area contributed by atoms with Crippen LogP contribution in [-0.4, -0.2) is 26.5 Å². The van der Waals surface area contributed by atoms with Gasteiger partial charge in [0.2, 0.25) is 14.2 Å². The third-order valence-electron chi connectivity index (χ3n) is 1.59. The standard InChI is InChI=1S/C9H12F6O2Si/c1-18(2,3)17-5-4-6(16)7(8(10,11)12)9(13,14)15/h4-5,7H,1-3H3/b5-4+. The first-order chi connectivity index (χ1) is 7.75. The maximum absolute atomic E-state index is 12.1. The molecule has 0 heterocycles. The van der Waals surface area contributed by atoms with E-state index in [4.69, 9.17) is 4.43 Å². The number of halogens is 6. The normalized spacial score (nSPS) is 14.3. The summed E-state index contributed by atoms with van der Waals surface area (Å²) >= 11 is 0. The van der Waals surface area contributed by atoms with Gasteiger partial charge in [0.05, 0.1) is 6.26 Å². The predicted octanol–water partition coefficient (Wildman–Crippen LogP) is 3.66. The Morgan fingerprint density at radius 1 is 1.06 bits per heavy atom. The van der Waals surface area contributed by atoms with E-state index < -0.39 is 32.4 Å². The molecule has 2 nitrogen and oxygen atoms in total. The Morgan fingerprint density at radius 3 is 1.72 bits per heavy atom. The highest BCUT2D eigenvalue weighted by Gasteiger charge is 2.60. The Hall–Kier alpha value is -0.993. The molecule has 0 spiro atoms. The summed E-state index contributed by atoms with van der Waals surface area (Å²) < 4.78 is 77.6. The molecule has 0 unspecified atom stereocenters. The number of rotatable bonds is 4. The van der Waals surface area contributed by atoms with Gasteiger partial charge in [0, 0.05) is 6.08 Å².